The van der Waals surface area contributed by atoms with E-state index in [1.54, 1.807) is 24.3 Å². The molecule has 0 aliphatic rings. The van der Waals surface area contributed by atoms with E-state index in [1.165, 1.54) is 6.92 Å². The molecule has 0 unspecified atom stereocenters. The fraction of sp³-hybridized carbons (Fsp3) is 0.400. The zero-order chi connectivity index (χ0) is 16.0. The van der Waals surface area contributed by atoms with Gasteiger partial charge < -0.3 is 16.0 Å². The van der Waals surface area contributed by atoms with E-state index < -0.39 is 0 Å². The maximum absolute atomic E-state index is 11.7. The van der Waals surface area contributed by atoms with Crippen LogP contribution in [0.4, 0.5) is 11.4 Å². The van der Waals surface area contributed by atoms with E-state index in [1.807, 2.05) is 20.8 Å². The number of benzene rings is 1. The minimum Gasteiger partial charge on any atom is -0.351 e. The van der Waals surface area contributed by atoms with Crippen molar-refractivity contribution in [3.63, 3.8) is 0 Å². The first kappa shape index (κ1) is 16.7. The fourth-order valence-electron chi connectivity index (χ4n) is 1.65. The molecule has 0 aliphatic heterocycles. The van der Waals surface area contributed by atoms with Crippen molar-refractivity contribution in [2.75, 3.05) is 10.6 Å². The Morgan fingerprint density at radius 1 is 0.905 bits per heavy atom. The van der Waals surface area contributed by atoms with Crippen molar-refractivity contribution in [1.29, 1.82) is 0 Å². The van der Waals surface area contributed by atoms with Gasteiger partial charge in [0.1, 0.15) is 6.42 Å². The third-order valence-electron chi connectivity index (χ3n) is 2.32. The standard InChI is InChI=1S/C15H21N3O3/c1-10(19)16-11-5-7-12(8-6-11)17-13(20)9-14(21)18-15(2,3)4/h5-8H,9H2,1-4H3,(H,16,19)(H,17,20)(H,18,21). The fourth-order valence-corrected chi connectivity index (χ4v) is 1.65. The van der Waals surface area contributed by atoms with Crippen LogP contribution in [0.3, 0.4) is 0 Å². The molecule has 0 atom stereocenters. The lowest BCUT2D eigenvalue weighted by Crippen LogP contribution is -2.41. The molecule has 0 saturated heterocycles. The molecular weight excluding hydrogens is 270 g/mol. The Morgan fingerprint density at radius 2 is 1.38 bits per heavy atom. The van der Waals surface area contributed by atoms with Gasteiger partial charge in [0.2, 0.25) is 17.7 Å². The summed E-state index contributed by atoms with van der Waals surface area (Å²) in [6.07, 6.45) is -0.231. The van der Waals surface area contributed by atoms with Gasteiger partial charge in [0.25, 0.3) is 0 Å². The highest BCUT2D eigenvalue weighted by Crippen LogP contribution is 2.13. The smallest absolute Gasteiger partial charge is 0.233 e. The first-order valence-corrected chi connectivity index (χ1v) is 6.64. The lowest BCUT2D eigenvalue weighted by molar-refractivity contribution is -0.127. The highest BCUT2D eigenvalue weighted by Gasteiger charge is 2.16. The van der Waals surface area contributed by atoms with Crippen LogP contribution in [0.25, 0.3) is 0 Å². The summed E-state index contributed by atoms with van der Waals surface area (Å²) in [4.78, 5) is 34.2. The Kier molecular flexibility index (Phi) is 5.46. The summed E-state index contributed by atoms with van der Waals surface area (Å²) in [6.45, 7) is 6.97. The van der Waals surface area contributed by atoms with Gasteiger partial charge in [0.05, 0.1) is 0 Å². The Hall–Kier alpha value is -2.37. The second-order valence-corrected chi connectivity index (χ2v) is 5.78. The zero-order valence-corrected chi connectivity index (χ0v) is 12.7. The van der Waals surface area contributed by atoms with Crippen LogP contribution in [0.1, 0.15) is 34.1 Å². The maximum Gasteiger partial charge on any atom is 0.233 e. The van der Waals surface area contributed by atoms with E-state index in [4.69, 9.17) is 0 Å². The normalized spacial score (nSPS) is 10.7. The minimum atomic E-state index is -0.385. The summed E-state index contributed by atoms with van der Waals surface area (Å²) in [7, 11) is 0. The van der Waals surface area contributed by atoms with E-state index in [0.29, 0.717) is 11.4 Å². The average Bonchev–Trinajstić information content (AvgIpc) is 2.28. The number of hydrogen-bond acceptors (Lipinski definition) is 3. The van der Waals surface area contributed by atoms with Crippen LogP contribution in [-0.4, -0.2) is 23.3 Å². The number of anilines is 2. The molecule has 0 fully saturated rings. The molecule has 0 spiro atoms. The van der Waals surface area contributed by atoms with Crippen molar-refractivity contribution in [2.45, 2.75) is 39.7 Å². The third-order valence-corrected chi connectivity index (χ3v) is 2.32. The van der Waals surface area contributed by atoms with Gasteiger partial charge in [-0.3, -0.25) is 14.4 Å². The molecule has 1 aromatic rings. The summed E-state index contributed by atoms with van der Waals surface area (Å²) < 4.78 is 0. The lowest BCUT2D eigenvalue weighted by atomic mass is 10.1. The largest absolute Gasteiger partial charge is 0.351 e. The molecule has 0 radical (unpaired) electrons. The molecular formula is C15H21N3O3. The zero-order valence-electron chi connectivity index (χ0n) is 12.7. The third kappa shape index (κ3) is 7.10. The Balaban J connectivity index is 2.51. The molecule has 3 N–H and O–H groups in total. The van der Waals surface area contributed by atoms with Gasteiger partial charge in [-0.05, 0) is 45.0 Å². The summed E-state index contributed by atoms with van der Waals surface area (Å²) in [6, 6.07) is 6.66. The summed E-state index contributed by atoms with van der Waals surface area (Å²) in [5.41, 5.74) is 0.848. The number of amides is 3. The van der Waals surface area contributed by atoms with Crippen molar-refractivity contribution in [3.8, 4) is 0 Å². The molecule has 21 heavy (non-hydrogen) atoms. The highest BCUT2D eigenvalue weighted by molar-refractivity contribution is 6.03. The molecule has 3 amide bonds. The van der Waals surface area contributed by atoms with Crippen molar-refractivity contribution in [2.24, 2.45) is 0 Å². The van der Waals surface area contributed by atoms with E-state index >= 15 is 0 Å². The van der Waals surface area contributed by atoms with E-state index in [2.05, 4.69) is 16.0 Å². The number of hydrogen-bond donors (Lipinski definition) is 3. The van der Waals surface area contributed by atoms with Crippen LogP contribution in [-0.2, 0) is 14.4 Å². The molecule has 6 nitrogen and oxygen atoms in total. The van der Waals surface area contributed by atoms with Gasteiger partial charge >= 0.3 is 0 Å². The van der Waals surface area contributed by atoms with E-state index in [9.17, 15) is 14.4 Å². The molecule has 0 heterocycles. The number of nitrogens with one attached hydrogen (secondary N) is 3. The molecule has 0 saturated carbocycles. The van der Waals surface area contributed by atoms with Crippen LogP contribution >= 0.6 is 0 Å². The first-order chi connectivity index (χ1) is 9.65. The van der Waals surface area contributed by atoms with Crippen LogP contribution in [0, 0.1) is 0 Å². The number of carbonyl (C=O) groups is 3. The van der Waals surface area contributed by atoms with Crippen LogP contribution in [0.5, 0.6) is 0 Å². The lowest BCUT2D eigenvalue weighted by Gasteiger charge is -2.20. The second-order valence-electron chi connectivity index (χ2n) is 5.78. The summed E-state index contributed by atoms with van der Waals surface area (Å²) in [5.74, 6) is -0.871. The predicted molar refractivity (Wildman–Crippen MR) is 81.9 cm³/mol. The molecule has 114 valence electrons. The highest BCUT2D eigenvalue weighted by atomic mass is 16.2. The molecule has 6 heteroatoms. The molecule has 0 aliphatic carbocycles. The quantitative estimate of drug-likeness (QED) is 0.740. The van der Waals surface area contributed by atoms with Crippen molar-refractivity contribution >= 4 is 29.1 Å². The monoisotopic (exact) mass is 291 g/mol. The SMILES string of the molecule is CC(=O)Nc1ccc(NC(=O)CC(=O)NC(C)(C)C)cc1. The van der Waals surface area contributed by atoms with Crippen molar-refractivity contribution in [3.05, 3.63) is 24.3 Å². The van der Waals surface area contributed by atoms with E-state index in [0.717, 1.165) is 0 Å². The van der Waals surface area contributed by atoms with Crippen molar-refractivity contribution in [1.82, 2.24) is 5.32 Å². The Labute approximate surface area is 124 Å². The molecule has 0 aromatic heterocycles. The predicted octanol–water partition coefficient (Wildman–Crippen LogP) is 1.89. The van der Waals surface area contributed by atoms with Gasteiger partial charge in [-0.1, -0.05) is 0 Å². The van der Waals surface area contributed by atoms with Crippen LogP contribution in [0.2, 0.25) is 0 Å². The van der Waals surface area contributed by atoms with Crippen LogP contribution in [0.15, 0.2) is 24.3 Å². The second kappa shape index (κ2) is 6.88. The topological polar surface area (TPSA) is 87.3 Å². The Bertz CT molecular complexity index is 530. The van der Waals surface area contributed by atoms with Crippen molar-refractivity contribution < 1.29 is 14.4 Å². The van der Waals surface area contributed by atoms with Gasteiger partial charge in [0, 0.05) is 23.8 Å². The summed E-state index contributed by atoms with van der Waals surface area (Å²) >= 11 is 0. The van der Waals surface area contributed by atoms with Gasteiger partial charge in [-0.25, -0.2) is 0 Å². The Morgan fingerprint density at radius 3 is 1.81 bits per heavy atom. The molecule has 1 aromatic carbocycles. The summed E-state index contributed by atoms with van der Waals surface area (Å²) in [5, 5.41) is 7.97. The number of rotatable bonds is 4. The maximum atomic E-state index is 11.7. The molecule has 1 rings (SSSR count). The van der Waals surface area contributed by atoms with Gasteiger partial charge in [0.15, 0.2) is 0 Å². The van der Waals surface area contributed by atoms with Crippen LogP contribution < -0.4 is 16.0 Å². The minimum absolute atomic E-state index is 0.161. The molecule has 0 bridgehead atoms. The first-order valence-electron chi connectivity index (χ1n) is 6.64. The van der Waals surface area contributed by atoms with Gasteiger partial charge in [-0.15, -0.1) is 0 Å². The van der Waals surface area contributed by atoms with Gasteiger partial charge in [-0.2, -0.15) is 0 Å². The average molecular weight is 291 g/mol. The number of carbonyl (C=O) groups excluding carboxylic acids is 3. The van der Waals surface area contributed by atoms with E-state index in [-0.39, 0.29) is 29.7 Å².